The average molecular weight is 1540 g/mol. The first kappa shape index (κ1) is 86.1. The van der Waals surface area contributed by atoms with Gasteiger partial charge in [0, 0.05) is 66.2 Å². The van der Waals surface area contributed by atoms with Gasteiger partial charge in [0.15, 0.2) is 0 Å². The Balaban J connectivity index is 0.000000166. The summed E-state index contributed by atoms with van der Waals surface area (Å²) in [5, 5.41) is 0. The van der Waals surface area contributed by atoms with Crippen molar-refractivity contribution in [2.45, 2.75) is 83.1 Å². The standard InChI is InChI=1S/2C23H23NO.C22H20O2.2C17H16O4/c1-16-9-5-7-11-21(16)18-13-19(22-12-8-6-10-17(22)2)15-20(14-18)23(25)24(3)4;1-16-9-5-7-11-22(16)19-13-20(23-12-8-6-10-17(23)2)15-21(14-19)24(4)18(3)25;1-15-8-4-6-10-21(15)18-12-19(14-20(13-18)24-17(3)23)22-11-7-5-9-16(22)2;1-11-6-4-5-7-15(11)12-8-13(16(18)20-2)10-14(9-12)17(19)21-3;1-11-6-4-5-7-17(11)14-8-15(20-12(2)18)10-16(9-14)21-13(3)19/h2*5-15H,1-4H3;4-14H,1-3H3;2*4-10H,1-3H3. The van der Waals surface area contributed by atoms with E-state index in [2.05, 4.69) is 157 Å². The van der Waals surface area contributed by atoms with Crippen molar-refractivity contribution in [3.63, 3.8) is 0 Å². The number of carbonyl (C=O) groups is 7. The Morgan fingerprint density at radius 1 is 0.250 bits per heavy atom. The summed E-state index contributed by atoms with van der Waals surface area (Å²) < 4.78 is 25.1. The van der Waals surface area contributed by atoms with Gasteiger partial charge in [-0.15, -0.1) is 0 Å². The van der Waals surface area contributed by atoms with Gasteiger partial charge in [-0.2, -0.15) is 0 Å². The maximum absolute atomic E-state index is 12.6. The van der Waals surface area contributed by atoms with Gasteiger partial charge in [0.2, 0.25) is 5.91 Å². The number of benzene rings is 13. The molecule has 0 aliphatic rings. The molecule has 0 aliphatic heterocycles. The fraction of sp³-hybridized carbons (Fsp3) is 0.167. The lowest BCUT2D eigenvalue weighted by atomic mass is 9.92. The molecule has 0 atom stereocenters. The van der Waals surface area contributed by atoms with Crippen LogP contribution in [0.5, 0.6) is 17.2 Å². The Hall–Kier alpha value is -13.9. The quantitative estimate of drug-likeness (QED) is 0.0703. The molecule has 0 aromatic heterocycles. The number of hydrogen-bond acceptors (Lipinski definition) is 12. The number of carbonyl (C=O) groups excluding carboxylic acids is 7. The minimum absolute atomic E-state index is 0.0188. The molecule has 0 bridgehead atoms. The smallest absolute Gasteiger partial charge is 0.337 e. The van der Waals surface area contributed by atoms with E-state index in [1.54, 1.807) is 55.1 Å². The molecular formula is C102H98N2O12. The molecule has 0 radical (unpaired) electrons. The molecule has 13 rings (SSSR count). The number of esters is 5. The van der Waals surface area contributed by atoms with Crippen molar-refractivity contribution in [1.82, 2.24) is 4.90 Å². The van der Waals surface area contributed by atoms with E-state index in [0.29, 0.717) is 33.9 Å². The third-order valence-electron chi connectivity index (χ3n) is 19.4. The van der Waals surface area contributed by atoms with Crippen LogP contribution < -0.4 is 19.1 Å². The molecule has 0 fully saturated rings. The Morgan fingerprint density at radius 3 is 0.681 bits per heavy atom. The van der Waals surface area contributed by atoms with Gasteiger partial charge in [-0.3, -0.25) is 24.0 Å². The predicted octanol–water partition coefficient (Wildman–Crippen LogP) is 23.3. The summed E-state index contributed by atoms with van der Waals surface area (Å²) in [7, 11) is 8.01. The van der Waals surface area contributed by atoms with E-state index >= 15 is 0 Å². The van der Waals surface area contributed by atoms with Gasteiger partial charge in [-0.05, 0) is 274 Å². The van der Waals surface area contributed by atoms with E-state index in [-0.39, 0.29) is 17.8 Å². The largest absolute Gasteiger partial charge is 0.465 e. The van der Waals surface area contributed by atoms with Gasteiger partial charge in [-0.25, -0.2) is 9.59 Å². The second-order valence-electron chi connectivity index (χ2n) is 28.4. The zero-order valence-corrected chi connectivity index (χ0v) is 68.9. The van der Waals surface area contributed by atoms with Crippen molar-refractivity contribution in [3.05, 3.63) is 346 Å². The minimum Gasteiger partial charge on any atom is -0.465 e. The van der Waals surface area contributed by atoms with Crippen LogP contribution in [0.15, 0.2) is 285 Å². The summed E-state index contributed by atoms with van der Waals surface area (Å²) in [5.41, 5.74) is 28.6. The van der Waals surface area contributed by atoms with Crippen LogP contribution in [0.2, 0.25) is 0 Å². The van der Waals surface area contributed by atoms with Crippen molar-refractivity contribution < 1.29 is 57.2 Å². The lowest BCUT2D eigenvalue weighted by molar-refractivity contribution is -0.133. The Morgan fingerprint density at radius 2 is 0.457 bits per heavy atom. The molecule has 2 amide bonds. The van der Waals surface area contributed by atoms with Crippen LogP contribution in [0.4, 0.5) is 5.69 Å². The van der Waals surface area contributed by atoms with Crippen LogP contribution in [-0.2, 0) is 28.7 Å². The second kappa shape index (κ2) is 40.6. The highest BCUT2D eigenvalue weighted by Crippen LogP contribution is 2.39. The monoisotopic (exact) mass is 1540 g/mol. The molecule has 0 heterocycles. The normalized spacial score (nSPS) is 10.4. The van der Waals surface area contributed by atoms with Crippen molar-refractivity contribution >= 4 is 47.3 Å². The summed E-state index contributed by atoms with van der Waals surface area (Å²) in [6.45, 7) is 22.2. The van der Waals surface area contributed by atoms with E-state index < -0.39 is 23.9 Å². The van der Waals surface area contributed by atoms with E-state index in [1.165, 1.54) is 91.6 Å². The highest BCUT2D eigenvalue weighted by atomic mass is 16.5. The zero-order valence-electron chi connectivity index (χ0n) is 68.9. The van der Waals surface area contributed by atoms with Gasteiger partial charge in [0.05, 0.1) is 25.3 Å². The van der Waals surface area contributed by atoms with E-state index in [1.807, 2.05) is 154 Å². The molecule has 116 heavy (non-hydrogen) atoms. The highest BCUT2D eigenvalue weighted by Gasteiger charge is 2.20. The zero-order chi connectivity index (χ0) is 83.9. The number of nitrogens with zero attached hydrogens (tertiary/aromatic N) is 2. The molecule has 588 valence electrons. The molecule has 0 saturated heterocycles. The van der Waals surface area contributed by atoms with Crippen LogP contribution in [0.3, 0.4) is 0 Å². The van der Waals surface area contributed by atoms with Crippen LogP contribution in [0, 0.1) is 55.4 Å². The molecule has 13 aromatic carbocycles. The number of methoxy groups -OCH3 is 2. The number of hydrogen-bond donors (Lipinski definition) is 0. The minimum atomic E-state index is -0.490. The molecular weight excluding hydrogens is 1450 g/mol. The number of rotatable bonds is 15. The third kappa shape index (κ3) is 23.2. The summed E-state index contributed by atoms with van der Waals surface area (Å²) in [6.07, 6.45) is 0. The topological polar surface area (TPSA) is 172 Å². The molecule has 0 saturated carbocycles. The summed E-state index contributed by atoms with van der Waals surface area (Å²) >= 11 is 0. The third-order valence-corrected chi connectivity index (χ3v) is 19.4. The van der Waals surface area contributed by atoms with Gasteiger partial charge < -0.3 is 33.5 Å². The molecule has 14 heteroatoms. The number of anilines is 1. The Kier molecular flexibility index (Phi) is 30.1. The second-order valence-corrected chi connectivity index (χ2v) is 28.4. The first-order chi connectivity index (χ1) is 55.5. The van der Waals surface area contributed by atoms with Crippen molar-refractivity contribution in [2.24, 2.45) is 0 Å². The molecule has 0 spiro atoms. The van der Waals surface area contributed by atoms with Gasteiger partial charge in [0.1, 0.15) is 17.2 Å². The summed E-state index contributed by atoms with van der Waals surface area (Å²) in [5.74, 6) is -0.835. The molecule has 13 aromatic rings. The van der Waals surface area contributed by atoms with Gasteiger partial charge in [0.25, 0.3) is 5.91 Å². The maximum atomic E-state index is 12.6. The highest BCUT2D eigenvalue weighted by molar-refractivity contribution is 5.99. The average Bonchev–Trinajstić information content (AvgIpc) is 0.819. The van der Waals surface area contributed by atoms with Gasteiger partial charge in [-0.1, -0.05) is 194 Å². The van der Waals surface area contributed by atoms with Gasteiger partial charge >= 0.3 is 29.8 Å². The fourth-order valence-corrected chi connectivity index (χ4v) is 13.4. The summed E-state index contributed by atoms with van der Waals surface area (Å²) in [4.78, 5) is 85.1. The Labute approximate surface area is 681 Å². The number of aryl methyl sites for hydroxylation is 8. The number of ether oxygens (including phenoxy) is 5. The fourth-order valence-electron chi connectivity index (χ4n) is 13.4. The first-order valence-electron chi connectivity index (χ1n) is 37.9. The van der Waals surface area contributed by atoms with E-state index in [0.717, 1.165) is 94.7 Å². The van der Waals surface area contributed by atoms with Crippen LogP contribution in [0.25, 0.3) is 89.0 Å². The molecule has 0 aliphatic carbocycles. The van der Waals surface area contributed by atoms with E-state index in [4.69, 9.17) is 23.7 Å². The van der Waals surface area contributed by atoms with Crippen LogP contribution >= 0.6 is 0 Å². The summed E-state index contributed by atoms with van der Waals surface area (Å²) in [6, 6.07) is 93.7. The lowest BCUT2D eigenvalue weighted by Gasteiger charge is -2.19. The lowest BCUT2D eigenvalue weighted by Crippen LogP contribution is -2.22. The van der Waals surface area contributed by atoms with Crippen molar-refractivity contribution in [1.29, 1.82) is 0 Å². The molecule has 0 N–H and O–H groups in total. The molecule has 14 nitrogen and oxygen atoms in total. The molecule has 0 unspecified atom stereocenters. The van der Waals surface area contributed by atoms with Crippen molar-refractivity contribution in [3.8, 4) is 106 Å². The van der Waals surface area contributed by atoms with Crippen molar-refractivity contribution in [2.75, 3.05) is 40.3 Å². The predicted molar refractivity (Wildman–Crippen MR) is 467 cm³/mol. The number of amides is 2. The van der Waals surface area contributed by atoms with Crippen LogP contribution in [-0.4, -0.2) is 81.9 Å². The van der Waals surface area contributed by atoms with E-state index in [9.17, 15) is 33.6 Å². The van der Waals surface area contributed by atoms with Crippen LogP contribution in [0.1, 0.15) is 103 Å². The maximum Gasteiger partial charge on any atom is 0.337 e. The SMILES string of the molecule is CC(=O)N(C)c1cc(-c2ccccc2C)cc(-c2ccccc2C)c1.CC(=O)Oc1cc(-c2ccccc2C)cc(-c2ccccc2C)c1.CC(=O)Oc1cc(OC(C)=O)cc(-c2ccccc2C)c1.COC(=O)c1cc(C(=O)OC)cc(-c2ccccc2C)c1.Cc1ccccc1-c1cc(C(=O)N(C)C)cc(-c2ccccc2C)c1. The Bertz CT molecular complexity index is 5490. The first-order valence-corrected chi connectivity index (χ1v) is 37.9.